The standard InChI is InChI=1S/C32H35FN8/c1-20(28-19-35-22(3)40(28)4)9-10-27-21(2)29(39-38-27)32-36-30-26(11-12-34-31(30)37-32)24-16-23(17-25(33)18-24)8-7-15-41-13-5-6-14-41/h9-12,16-19,38H,2,5-8,13-15H2,1,3-4H3,(H,34,36,37)/b20-9+,27-10+. The molecule has 0 bridgehead atoms. The molecule has 1 aromatic carbocycles. The summed E-state index contributed by atoms with van der Waals surface area (Å²) < 4.78 is 16.8. The molecule has 5 heterocycles. The zero-order chi connectivity index (χ0) is 28.5. The Hall–Kier alpha value is -4.37. The smallest absolute Gasteiger partial charge is 0.178 e. The minimum Gasteiger partial charge on any atom is -0.335 e. The van der Waals surface area contributed by atoms with E-state index in [0.717, 1.165) is 69.3 Å². The number of imidazole rings is 2. The van der Waals surface area contributed by atoms with Crippen molar-refractivity contribution in [2.75, 3.05) is 19.6 Å². The van der Waals surface area contributed by atoms with Crippen LogP contribution in [0.4, 0.5) is 4.39 Å². The van der Waals surface area contributed by atoms with E-state index in [-0.39, 0.29) is 5.82 Å². The maximum absolute atomic E-state index is 14.7. The van der Waals surface area contributed by atoms with E-state index in [1.54, 1.807) is 18.3 Å². The van der Waals surface area contributed by atoms with Crippen LogP contribution >= 0.6 is 0 Å². The molecule has 0 unspecified atom stereocenters. The minimum absolute atomic E-state index is 0.236. The summed E-state index contributed by atoms with van der Waals surface area (Å²) in [7, 11) is 2.00. The molecule has 8 nitrogen and oxygen atoms in total. The fourth-order valence-corrected chi connectivity index (χ4v) is 5.60. The van der Waals surface area contributed by atoms with Crippen LogP contribution in [-0.2, 0) is 13.5 Å². The Balaban J connectivity index is 1.28. The average Bonchev–Trinajstić information content (AvgIpc) is 3.75. The number of rotatable bonds is 8. The molecule has 2 N–H and O–H groups in total. The van der Waals surface area contributed by atoms with Crippen molar-refractivity contribution in [2.45, 2.75) is 39.5 Å². The van der Waals surface area contributed by atoms with E-state index in [9.17, 15) is 4.39 Å². The van der Waals surface area contributed by atoms with Gasteiger partial charge in [-0.1, -0.05) is 18.7 Å². The monoisotopic (exact) mass is 550 g/mol. The average molecular weight is 551 g/mol. The summed E-state index contributed by atoms with van der Waals surface area (Å²) >= 11 is 0. The molecular formula is C32H35FN8. The second-order valence-electron chi connectivity index (χ2n) is 10.9. The number of H-pyrrole nitrogens is 2. The van der Waals surface area contributed by atoms with Gasteiger partial charge in [-0.25, -0.2) is 19.3 Å². The van der Waals surface area contributed by atoms with Crippen LogP contribution in [0.2, 0.25) is 0 Å². The number of hydrogen-bond donors (Lipinski definition) is 2. The summed E-state index contributed by atoms with van der Waals surface area (Å²) in [5, 5.41) is 9.09. The molecule has 1 fully saturated rings. The first-order chi connectivity index (χ1) is 19.9. The SMILES string of the molecule is C=c1c(-c2nc3nccc(-c4cc(F)cc(CCCN5CCCC5)c4)c3[nH]2)n[nH]/c1=C/C=C(\C)c1cnc(C)n1C. The summed E-state index contributed by atoms with van der Waals surface area (Å²) in [6, 6.07) is 7.20. The fourth-order valence-electron chi connectivity index (χ4n) is 5.60. The minimum atomic E-state index is -0.236. The zero-order valence-corrected chi connectivity index (χ0v) is 23.8. The van der Waals surface area contributed by atoms with Crippen molar-refractivity contribution in [3.8, 4) is 22.6 Å². The van der Waals surface area contributed by atoms with E-state index in [1.807, 2.05) is 45.3 Å². The number of hydrogen-bond acceptors (Lipinski definition) is 5. The highest BCUT2D eigenvalue weighted by Gasteiger charge is 2.16. The number of benzene rings is 1. The van der Waals surface area contributed by atoms with E-state index in [2.05, 4.69) is 47.3 Å². The Morgan fingerprint density at radius 2 is 2.00 bits per heavy atom. The number of fused-ring (bicyclic) bond motifs is 1. The molecule has 9 heteroatoms. The first-order valence-corrected chi connectivity index (χ1v) is 14.2. The van der Waals surface area contributed by atoms with Gasteiger partial charge in [-0.3, -0.25) is 5.10 Å². The van der Waals surface area contributed by atoms with Crippen LogP contribution in [0, 0.1) is 12.7 Å². The molecule has 0 amide bonds. The van der Waals surface area contributed by atoms with Crippen molar-refractivity contribution in [1.29, 1.82) is 0 Å². The highest BCUT2D eigenvalue weighted by molar-refractivity contribution is 5.91. The molecule has 0 aliphatic carbocycles. The number of likely N-dealkylation sites (tertiary alicyclic amines) is 1. The third-order valence-corrected chi connectivity index (χ3v) is 8.05. The number of pyridine rings is 1. The number of halogens is 1. The number of nitrogens with one attached hydrogen (secondary N) is 2. The van der Waals surface area contributed by atoms with Crippen LogP contribution in [0.25, 0.3) is 52.0 Å². The zero-order valence-electron chi connectivity index (χ0n) is 23.8. The molecule has 0 saturated carbocycles. The van der Waals surface area contributed by atoms with Crippen LogP contribution in [0.1, 0.15) is 43.3 Å². The molecule has 6 rings (SSSR count). The quantitative estimate of drug-likeness (QED) is 0.297. The summed E-state index contributed by atoms with van der Waals surface area (Å²) in [5.74, 6) is 1.28. The Bertz CT molecular complexity index is 1850. The molecule has 0 atom stereocenters. The van der Waals surface area contributed by atoms with Crippen LogP contribution in [-0.4, -0.2) is 59.2 Å². The van der Waals surface area contributed by atoms with Gasteiger partial charge in [0.25, 0.3) is 0 Å². The molecule has 41 heavy (non-hydrogen) atoms. The Morgan fingerprint density at radius 1 is 1.17 bits per heavy atom. The van der Waals surface area contributed by atoms with E-state index >= 15 is 0 Å². The predicted octanol–water partition coefficient (Wildman–Crippen LogP) is 4.52. The van der Waals surface area contributed by atoms with Crippen molar-refractivity contribution >= 4 is 29.4 Å². The van der Waals surface area contributed by atoms with Gasteiger partial charge in [-0.15, -0.1) is 0 Å². The lowest BCUT2D eigenvalue weighted by Crippen LogP contribution is -2.21. The van der Waals surface area contributed by atoms with Crippen molar-refractivity contribution < 1.29 is 4.39 Å². The van der Waals surface area contributed by atoms with E-state index < -0.39 is 0 Å². The third-order valence-electron chi connectivity index (χ3n) is 8.05. The van der Waals surface area contributed by atoms with Gasteiger partial charge in [-0.05, 0) is 100 Å². The predicted molar refractivity (Wildman–Crippen MR) is 162 cm³/mol. The van der Waals surface area contributed by atoms with Crippen molar-refractivity contribution in [1.82, 2.24) is 39.6 Å². The largest absolute Gasteiger partial charge is 0.335 e. The lowest BCUT2D eigenvalue weighted by Gasteiger charge is -2.14. The highest BCUT2D eigenvalue weighted by atomic mass is 19.1. The van der Waals surface area contributed by atoms with Gasteiger partial charge in [-0.2, -0.15) is 5.10 Å². The number of aromatic amines is 2. The molecule has 210 valence electrons. The van der Waals surface area contributed by atoms with Gasteiger partial charge in [0, 0.05) is 24.0 Å². The number of aromatic nitrogens is 7. The van der Waals surface area contributed by atoms with Gasteiger partial charge in [0.2, 0.25) is 0 Å². The molecule has 0 radical (unpaired) electrons. The van der Waals surface area contributed by atoms with Crippen molar-refractivity contribution in [3.05, 3.63) is 76.2 Å². The second kappa shape index (κ2) is 11.2. The molecule has 0 spiro atoms. The van der Waals surface area contributed by atoms with Gasteiger partial charge >= 0.3 is 0 Å². The Morgan fingerprint density at radius 3 is 2.78 bits per heavy atom. The first-order valence-electron chi connectivity index (χ1n) is 14.2. The Kier molecular flexibility index (Phi) is 7.36. The number of allylic oxidation sites excluding steroid dienone is 2. The molecule has 4 aromatic heterocycles. The normalized spacial score (nSPS) is 15.0. The fraction of sp³-hybridized carbons (Fsp3) is 0.312. The third kappa shape index (κ3) is 5.50. The summed E-state index contributed by atoms with van der Waals surface area (Å²) in [4.78, 5) is 19.4. The Labute approximate surface area is 238 Å². The maximum Gasteiger partial charge on any atom is 0.178 e. The topological polar surface area (TPSA) is 91.3 Å². The van der Waals surface area contributed by atoms with E-state index in [1.165, 1.54) is 25.9 Å². The van der Waals surface area contributed by atoms with E-state index in [4.69, 9.17) is 4.98 Å². The molecule has 1 saturated heterocycles. The highest BCUT2D eigenvalue weighted by Crippen LogP contribution is 2.29. The lowest BCUT2D eigenvalue weighted by atomic mass is 10.0. The number of nitrogens with zero attached hydrogens (tertiary/aromatic N) is 6. The molecular weight excluding hydrogens is 515 g/mol. The summed E-state index contributed by atoms with van der Waals surface area (Å²) in [6.07, 6.45) is 12.0. The van der Waals surface area contributed by atoms with Crippen LogP contribution in [0.5, 0.6) is 0 Å². The van der Waals surface area contributed by atoms with Crippen molar-refractivity contribution in [2.24, 2.45) is 7.05 Å². The lowest BCUT2D eigenvalue weighted by molar-refractivity contribution is 0.334. The van der Waals surface area contributed by atoms with Crippen LogP contribution < -0.4 is 10.6 Å². The van der Waals surface area contributed by atoms with Gasteiger partial charge in [0.15, 0.2) is 11.5 Å². The second-order valence-corrected chi connectivity index (χ2v) is 10.9. The molecule has 1 aliphatic heterocycles. The van der Waals surface area contributed by atoms with Crippen molar-refractivity contribution in [3.63, 3.8) is 0 Å². The van der Waals surface area contributed by atoms with Gasteiger partial charge < -0.3 is 14.5 Å². The summed E-state index contributed by atoms with van der Waals surface area (Å²) in [5.41, 5.74) is 6.69. The first kappa shape index (κ1) is 26.8. The number of aryl methyl sites for hydroxylation is 2. The molecule has 5 aromatic rings. The molecule has 1 aliphatic rings. The maximum atomic E-state index is 14.7. The van der Waals surface area contributed by atoms with Gasteiger partial charge in [0.05, 0.1) is 22.8 Å². The van der Waals surface area contributed by atoms with Crippen LogP contribution in [0.3, 0.4) is 0 Å². The van der Waals surface area contributed by atoms with E-state index in [0.29, 0.717) is 17.2 Å². The van der Waals surface area contributed by atoms with Crippen LogP contribution in [0.15, 0.2) is 42.7 Å². The summed E-state index contributed by atoms with van der Waals surface area (Å²) in [6.45, 7) is 11.7. The van der Waals surface area contributed by atoms with Gasteiger partial charge in [0.1, 0.15) is 17.3 Å².